The summed E-state index contributed by atoms with van der Waals surface area (Å²) in [6, 6.07) is 0. The first-order valence-corrected chi connectivity index (χ1v) is 9.68. The van der Waals surface area contributed by atoms with E-state index < -0.39 is 5.92 Å². The van der Waals surface area contributed by atoms with E-state index in [-0.39, 0.29) is 11.6 Å². The molecule has 0 fully saturated rings. The van der Waals surface area contributed by atoms with E-state index >= 15 is 0 Å². The minimum atomic E-state index is -0.600. The van der Waals surface area contributed by atoms with Crippen LogP contribution in [-0.4, -0.2) is 46.5 Å². The maximum absolute atomic E-state index is 13.4. The van der Waals surface area contributed by atoms with E-state index in [1.807, 2.05) is 23.4 Å². The van der Waals surface area contributed by atoms with Crippen LogP contribution in [0.4, 0.5) is 0 Å². The number of fused-ring (bicyclic) bond motifs is 4. The van der Waals surface area contributed by atoms with Crippen LogP contribution in [0.3, 0.4) is 0 Å². The largest absolute Gasteiger partial charge is 0.309 e. The van der Waals surface area contributed by atoms with Crippen LogP contribution in [0.1, 0.15) is 51.2 Å². The molecule has 5 nitrogen and oxygen atoms in total. The van der Waals surface area contributed by atoms with Crippen LogP contribution in [0.5, 0.6) is 0 Å². The number of allylic oxidation sites excluding steroid dienone is 3. The quantitative estimate of drug-likeness (QED) is 0.788. The second-order valence-corrected chi connectivity index (χ2v) is 8.16. The molecule has 0 bridgehead atoms. The number of ketones is 2. The van der Waals surface area contributed by atoms with E-state index in [4.69, 9.17) is 0 Å². The minimum Gasteiger partial charge on any atom is -0.309 e. The van der Waals surface area contributed by atoms with Crippen molar-refractivity contribution in [2.75, 3.05) is 20.6 Å². The summed E-state index contributed by atoms with van der Waals surface area (Å²) in [4.78, 5) is 32.8. The van der Waals surface area contributed by atoms with Crippen LogP contribution in [0.15, 0.2) is 30.2 Å². The zero-order valence-corrected chi connectivity index (χ0v) is 15.7. The fourth-order valence-corrected chi connectivity index (χ4v) is 4.81. The van der Waals surface area contributed by atoms with Gasteiger partial charge in [-0.2, -0.15) is 0 Å². The fourth-order valence-electron chi connectivity index (χ4n) is 4.81. The second-order valence-electron chi connectivity index (χ2n) is 8.16. The average molecular weight is 361 g/mol. The Labute approximate surface area is 158 Å². The number of Topliss-reactive ketones (excluding diaryl/α,β-unsaturated/α-hetero) is 2. The van der Waals surface area contributed by atoms with Gasteiger partial charge < -0.3 is 9.30 Å². The normalized spacial score (nSPS) is 23.6. The molecule has 2 unspecified atom stereocenters. The molecule has 5 rings (SSSR count). The monoisotopic (exact) mass is 361 g/mol. The van der Waals surface area contributed by atoms with E-state index in [0.29, 0.717) is 24.4 Å². The third-order valence-corrected chi connectivity index (χ3v) is 6.21. The van der Waals surface area contributed by atoms with Crippen molar-refractivity contribution in [3.63, 3.8) is 0 Å². The van der Waals surface area contributed by atoms with Crippen molar-refractivity contribution in [2.24, 2.45) is 11.8 Å². The highest BCUT2D eigenvalue weighted by molar-refractivity contribution is 6.27. The van der Waals surface area contributed by atoms with E-state index in [9.17, 15) is 9.59 Å². The summed E-state index contributed by atoms with van der Waals surface area (Å²) in [6.07, 6.45) is 13.7. The Kier molecular flexibility index (Phi) is 3.69. The average Bonchev–Trinajstić information content (AvgIpc) is 2.98. The standard InChI is InChI=1S/C22H23N3O2/c1-24(2)8-7-15-21(26)17-11-23-12-25-18-10-14-6-4-3-5-13(14)9-16(18)19(20(17)25)22(15)27/h3,5,9,11-12,14-15H,4,6-8,10H2,1-2H3. The van der Waals surface area contributed by atoms with Crippen molar-refractivity contribution in [3.05, 3.63) is 52.6 Å². The van der Waals surface area contributed by atoms with E-state index in [1.54, 1.807) is 12.5 Å². The van der Waals surface area contributed by atoms with Gasteiger partial charge in [-0.1, -0.05) is 12.2 Å². The Morgan fingerprint density at radius 2 is 2.11 bits per heavy atom. The number of aromatic nitrogens is 2. The first kappa shape index (κ1) is 16.6. The van der Waals surface area contributed by atoms with E-state index in [1.165, 1.54) is 5.57 Å². The summed E-state index contributed by atoms with van der Waals surface area (Å²) in [5.41, 5.74) is 5.55. The van der Waals surface area contributed by atoms with Crippen molar-refractivity contribution in [2.45, 2.75) is 25.7 Å². The molecule has 2 aromatic heterocycles. The second kappa shape index (κ2) is 5.99. The van der Waals surface area contributed by atoms with Crippen LogP contribution in [0.25, 0.3) is 11.6 Å². The predicted octanol–water partition coefficient (Wildman–Crippen LogP) is 3.19. The molecule has 0 spiro atoms. The van der Waals surface area contributed by atoms with Crippen LogP contribution in [-0.2, 0) is 6.42 Å². The molecule has 2 heterocycles. The third-order valence-electron chi connectivity index (χ3n) is 6.21. The lowest BCUT2D eigenvalue weighted by atomic mass is 9.77. The Hall–Kier alpha value is -2.53. The van der Waals surface area contributed by atoms with Crippen molar-refractivity contribution >= 4 is 23.2 Å². The highest BCUT2D eigenvalue weighted by Gasteiger charge is 2.40. The van der Waals surface area contributed by atoms with Crippen molar-refractivity contribution in [3.8, 4) is 0 Å². The summed E-state index contributed by atoms with van der Waals surface area (Å²) in [6.45, 7) is 0.711. The van der Waals surface area contributed by atoms with Gasteiger partial charge in [0, 0.05) is 17.5 Å². The first-order valence-electron chi connectivity index (χ1n) is 9.68. The topological polar surface area (TPSA) is 54.7 Å². The fraction of sp³-hybridized carbons (Fsp3) is 0.409. The van der Waals surface area contributed by atoms with Gasteiger partial charge in [-0.15, -0.1) is 0 Å². The maximum atomic E-state index is 13.4. The van der Waals surface area contributed by atoms with Crippen LogP contribution >= 0.6 is 0 Å². The molecule has 2 atom stereocenters. The van der Waals surface area contributed by atoms with Crippen molar-refractivity contribution in [1.29, 1.82) is 0 Å². The number of hydrogen-bond donors (Lipinski definition) is 0. The highest BCUT2D eigenvalue weighted by Crippen LogP contribution is 2.42. The summed E-state index contributed by atoms with van der Waals surface area (Å²) in [5, 5.41) is 0. The Balaban J connectivity index is 1.72. The molecule has 0 N–H and O–H groups in total. The SMILES string of the molecule is CN(C)CCC1C(=O)c2cncn3c4c(c(c23)C1=O)C=C1C=CCCC1C4. The molecule has 5 heteroatoms. The number of carbonyl (C=O) groups excluding carboxylic acids is 2. The zero-order valence-electron chi connectivity index (χ0n) is 15.7. The van der Waals surface area contributed by atoms with Gasteiger partial charge in [-0.25, -0.2) is 4.98 Å². The number of nitrogens with zero attached hydrogens (tertiary/aromatic N) is 3. The summed E-state index contributed by atoms with van der Waals surface area (Å²) < 4.78 is 2.00. The maximum Gasteiger partial charge on any atom is 0.177 e. The molecule has 0 amide bonds. The third kappa shape index (κ3) is 2.38. The molecule has 138 valence electrons. The lowest BCUT2D eigenvalue weighted by Gasteiger charge is -2.26. The Bertz CT molecular complexity index is 1040. The molecule has 0 saturated carbocycles. The first-order chi connectivity index (χ1) is 13.1. The van der Waals surface area contributed by atoms with Gasteiger partial charge >= 0.3 is 0 Å². The molecule has 27 heavy (non-hydrogen) atoms. The minimum absolute atomic E-state index is 0.0191. The van der Waals surface area contributed by atoms with Gasteiger partial charge in [0.1, 0.15) is 0 Å². The van der Waals surface area contributed by atoms with Gasteiger partial charge in [-0.05, 0) is 63.9 Å². The van der Waals surface area contributed by atoms with Crippen molar-refractivity contribution < 1.29 is 9.59 Å². The van der Waals surface area contributed by atoms with Gasteiger partial charge in [0.25, 0.3) is 0 Å². The van der Waals surface area contributed by atoms with Crippen molar-refractivity contribution in [1.82, 2.24) is 14.3 Å². The summed E-state index contributed by atoms with van der Waals surface area (Å²) in [5.74, 6) is -0.202. The van der Waals surface area contributed by atoms with Crippen LogP contribution < -0.4 is 0 Å². The lowest BCUT2D eigenvalue weighted by molar-refractivity contribution is 0.0787. The molecule has 3 aliphatic rings. The van der Waals surface area contributed by atoms with Crippen LogP contribution in [0, 0.1) is 11.8 Å². The molecule has 0 aliphatic heterocycles. The molecule has 2 aromatic rings. The highest BCUT2D eigenvalue weighted by atomic mass is 16.2. The zero-order chi connectivity index (χ0) is 18.7. The molecular weight excluding hydrogens is 338 g/mol. The Morgan fingerprint density at radius 1 is 1.26 bits per heavy atom. The molecule has 0 aromatic carbocycles. The van der Waals surface area contributed by atoms with Crippen LogP contribution in [0.2, 0.25) is 0 Å². The van der Waals surface area contributed by atoms with Gasteiger partial charge in [-0.3, -0.25) is 9.59 Å². The number of carbonyl (C=O) groups is 2. The van der Waals surface area contributed by atoms with Gasteiger partial charge in [0.05, 0.1) is 28.9 Å². The molecular formula is C22H23N3O2. The van der Waals surface area contributed by atoms with Gasteiger partial charge in [0.15, 0.2) is 11.6 Å². The summed E-state index contributed by atoms with van der Waals surface area (Å²) in [7, 11) is 3.93. The van der Waals surface area contributed by atoms with E-state index in [0.717, 1.165) is 41.6 Å². The number of rotatable bonds is 3. The lowest BCUT2D eigenvalue weighted by Crippen LogP contribution is -2.32. The Morgan fingerprint density at radius 3 is 2.93 bits per heavy atom. The number of hydrogen-bond acceptors (Lipinski definition) is 4. The van der Waals surface area contributed by atoms with Gasteiger partial charge in [0.2, 0.25) is 0 Å². The van der Waals surface area contributed by atoms with E-state index in [2.05, 4.69) is 23.2 Å². The molecule has 0 radical (unpaired) electrons. The smallest absolute Gasteiger partial charge is 0.177 e. The molecule has 3 aliphatic carbocycles. The summed E-state index contributed by atoms with van der Waals surface area (Å²) >= 11 is 0. The molecule has 0 saturated heterocycles. The predicted molar refractivity (Wildman–Crippen MR) is 104 cm³/mol.